The first-order valence-electron chi connectivity index (χ1n) is 5.91. The van der Waals surface area contributed by atoms with E-state index in [1.165, 1.54) is 10.5 Å². The van der Waals surface area contributed by atoms with E-state index >= 15 is 0 Å². The Kier molecular flexibility index (Phi) is 2.50. The lowest BCUT2D eigenvalue weighted by Crippen LogP contribution is -2.05. The van der Waals surface area contributed by atoms with Gasteiger partial charge in [-0.15, -0.1) is 22.0 Å². The Morgan fingerprint density at radius 3 is 3.11 bits per heavy atom. The quantitative estimate of drug-likeness (QED) is 0.646. The smallest absolute Gasteiger partial charge is 0.165 e. The zero-order valence-corrected chi connectivity index (χ0v) is 11.4. The zero-order valence-electron chi connectivity index (χ0n) is 9.82. The Balaban J connectivity index is 1.88. The second-order valence-electron chi connectivity index (χ2n) is 4.40. The van der Waals surface area contributed by atoms with Gasteiger partial charge in [0.2, 0.25) is 0 Å². The van der Waals surface area contributed by atoms with Crippen molar-refractivity contribution in [1.29, 1.82) is 0 Å². The maximum absolute atomic E-state index is 5.87. The van der Waals surface area contributed by atoms with Crippen molar-refractivity contribution in [1.82, 2.24) is 19.6 Å². The molecule has 0 fully saturated rings. The maximum Gasteiger partial charge on any atom is 0.165 e. The molecular weight excluding hydrogens is 280 g/mol. The standard InChI is InChI=1S/C13H9ClN4S/c14-11-5-12-16-17-13(18(12)7-15-11)9-6-19-10-4-2-1-3-8(9)10/h1-5,7,9H,6H2. The summed E-state index contributed by atoms with van der Waals surface area (Å²) in [6.45, 7) is 0. The number of thioether (sulfide) groups is 1. The van der Waals surface area contributed by atoms with Crippen LogP contribution in [0.4, 0.5) is 0 Å². The fraction of sp³-hybridized carbons (Fsp3) is 0.154. The Hall–Kier alpha value is -1.59. The van der Waals surface area contributed by atoms with E-state index in [1.54, 1.807) is 12.4 Å². The molecule has 3 aromatic rings. The molecule has 1 atom stereocenters. The number of benzene rings is 1. The molecule has 19 heavy (non-hydrogen) atoms. The van der Waals surface area contributed by atoms with Gasteiger partial charge < -0.3 is 0 Å². The predicted octanol–water partition coefficient (Wildman–Crippen LogP) is 3.02. The van der Waals surface area contributed by atoms with Crippen molar-refractivity contribution < 1.29 is 0 Å². The summed E-state index contributed by atoms with van der Waals surface area (Å²) in [5.74, 6) is 2.18. The molecule has 0 amide bonds. The van der Waals surface area contributed by atoms with Crippen molar-refractivity contribution in [3.63, 3.8) is 0 Å². The molecule has 3 heterocycles. The van der Waals surface area contributed by atoms with Crippen LogP contribution < -0.4 is 0 Å². The number of nitrogens with zero attached hydrogens (tertiary/aromatic N) is 4. The van der Waals surface area contributed by atoms with Crippen molar-refractivity contribution in [2.45, 2.75) is 10.8 Å². The highest BCUT2D eigenvalue weighted by molar-refractivity contribution is 7.99. The third kappa shape index (κ3) is 1.73. The summed E-state index contributed by atoms with van der Waals surface area (Å²) in [6.07, 6.45) is 1.69. The molecule has 4 rings (SSSR count). The summed E-state index contributed by atoms with van der Waals surface area (Å²) in [4.78, 5) is 5.43. The largest absolute Gasteiger partial charge is 0.269 e. The van der Waals surface area contributed by atoms with Crippen molar-refractivity contribution in [2.24, 2.45) is 0 Å². The van der Waals surface area contributed by atoms with Crippen LogP contribution in [0.25, 0.3) is 5.65 Å². The molecule has 4 nitrogen and oxygen atoms in total. The van der Waals surface area contributed by atoms with Crippen molar-refractivity contribution in [3.05, 3.63) is 53.2 Å². The lowest BCUT2D eigenvalue weighted by Gasteiger charge is -2.08. The molecule has 1 aromatic carbocycles. The number of hydrogen-bond acceptors (Lipinski definition) is 4. The molecule has 1 aliphatic heterocycles. The molecule has 0 bridgehead atoms. The van der Waals surface area contributed by atoms with Crippen LogP contribution in [0, 0.1) is 0 Å². The molecule has 0 saturated carbocycles. The number of halogens is 1. The summed E-state index contributed by atoms with van der Waals surface area (Å²) in [6, 6.07) is 10.2. The minimum Gasteiger partial charge on any atom is -0.269 e. The third-order valence-corrected chi connectivity index (χ3v) is 4.69. The molecule has 94 valence electrons. The van der Waals surface area contributed by atoms with Crippen molar-refractivity contribution in [3.8, 4) is 0 Å². The molecule has 2 aromatic heterocycles. The second-order valence-corrected chi connectivity index (χ2v) is 5.85. The second kappa shape index (κ2) is 4.21. The first kappa shape index (κ1) is 11.3. The van der Waals surface area contributed by atoms with Crippen molar-refractivity contribution >= 4 is 29.0 Å². The van der Waals surface area contributed by atoms with Gasteiger partial charge in [0.05, 0.1) is 5.92 Å². The maximum atomic E-state index is 5.87. The van der Waals surface area contributed by atoms with Crippen LogP contribution in [0.3, 0.4) is 0 Å². The Labute approximate surface area is 118 Å². The minimum atomic E-state index is 0.263. The van der Waals surface area contributed by atoms with E-state index in [-0.39, 0.29) is 5.92 Å². The molecule has 0 spiro atoms. The minimum absolute atomic E-state index is 0.263. The molecule has 6 heteroatoms. The number of rotatable bonds is 1. The van der Waals surface area contributed by atoms with Gasteiger partial charge in [0.1, 0.15) is 17.3 Å². The van der Waals surface area contributed by atoms with Crippen molar-refractivity contribution in [2.75, 3.05) is 5.75 Å². The van der Waals surface area contributed by atoms with E-state index in [1.807, 2.05) is 16.2 Å². The fourth-order valence-corrected chi connectivity index (χ4v) is 3.77. The highest BCUT2D eigenvalue weighted by Crippen LogP contribution is 2.42. The van der Waals surface area contributed by atoms with Gasteiger partial charge >= 0.3 is 0 Å². The van der Waals surface area contributed by atoms with Crippen LogP contribution in [-0.2, 0) is 0 Å². The fourth-order valence-electron chi connectivity index (χ4n) is 2.40. The summed E-state index contributed by atoms with van der Waals surface area (Å²) in [5, 5.41) is 8.93. The lowest BCUT2D eigenvalue weighted by atomic mass is 10.0. The van der Waals surface area contributed by atoms with E-state index in [0.29, 0.717) is 5.15 Å². The van der Waals surface area contributed by atoms with E-state index in [2.05, 4.69) is 39.4 Å². The van der Waals surface area contributed by atoms with Crippen LogP contribution in [0.5, 0.6) is 0 Å². The van der Waals surface area contributed by atoms with Crippen LogP contribution in [-0.4, -0.2) is 25.3 Å². The summed E-state index contributed by atoms with van der Waals surface area (Å²) >= 11 is 7.73. The molecule has 0 saturated heterocycles. The van der Waals surface area contributed by atoms with Gasteiger partial charge in [-0.1, -0.05) is 29.8 Å². The number of hydrogen-bond donors (Lipinski definition) is 0. The van der Waals surface area contributed by atoms with E-state index in [9.17, 15) is 0 Å². The first-order chi connectivity index (χ1) is 9.33. The molecule has 0 aliphatic carbocycles. The molecule has 1 unspecified atom stereocenters. The van der Waals surface area contributed by atoms with Gasteiger partial charge in [-0.25, -0.2) is 4.98 Å². The Bertz CT molecular complexity index is 770. The van der Waals surface area contributed by atoms with Gasteiger partial charge in [0.25, 0.3) is 0 Å². The zero-order chi connectivity index (χ0) is 12.8. The van der Waals surface area contributed by atoms with Gasteiger partial charge in [-0.05, 0) is 11.6 Å². The van der Waals surface area contributed by atoms with Crippen LogP contribution in [0.15, 0.2) is 41.6 Å². The highest BCUT2D eigenvalue weighted by atomic mass is 35.5. The Morgan fingerprint density at radius 2 is 2.16 bits per heavy atom. The number of aromatic nitrogens is 4. The van der Waals surface area contributed by atoms with Crippen LogP contribution in [0.1, 0.15) is 17.3 Å². The van der Waals surface area contributed by atoms with Crippen LogP contribution in [0.2, 0.25) is 5.15 Å². The average Bonchev–Trinajstić information content (AvgIpc) is 3.01. The molecule has 0 N–H and O–H groups in total. The molecule has 1 aliphatic rings. The first-order valence-corrected chi connectivity index (χ1v) is 7.27. The SMILES string of the molecule is Clc1cc2nnc(C3CSc4ccccc43)n2cn1. The highest BCUT2D eigenvalue weighted by Gasteiger charge is 2.28. The van der Waals surface area contributed by atoms with Gasteiger partial charge in [-0.2, -0.15) is 0 Å². The van der Waals surface area contributed by atoms with Gasteiger partial charge in [0, 0.05) is 16.7 Å². The van der Waals surface area contributed by atoms with Gasteiger partial charge in [-0.3, -0.25) is 4.40 Å². The Morgan fingerprint density at radius 1 is 1.26 bits per heavy atom. The number of fused-ring (bicyclic) bond motifs is 2. The van der Waals surface area contributed by atoms with Crippen LogP contribution >= 0.6 is 23.4 Å². The topological polar surface area (TPSA) is 43.1 Å². The monoisotopic (exact) mass is 288 g/mol. The summed E-state index contributed by atoms with van der Waals surface area (Å²) in [7, 11) is 0. The van der Waals surface area contributed by atoms with E-state index < -0.39 is 0 Å². The normalized spacial score (nSPS) is 17.8. The average molecular weight is 289 g/mol. The molecule has 0 radical (unpaired) electrons. The third-order valence-electron chi connectivity index (χ3n) is 3.30. The summed E-state index contributed by atoms with van der Waals surface area (Å²) in [5.41, 5.74) is 2.06. The van der Waals surface area contributed by atoms with E-state index in [4.69, 9.17) is 11.6 Å². The predicted molar refractivity (Wildman–Crippen MR) is 74.8 cm³/mol. The summed E-state index contributed by atoms with van der Waals surface area (Å²) < 4.78 is 1.92. The van der Waals surface area contributed by atoms with Gasteiger partial charge in [0.15, 0.2) is 5.65 Å². The lowest BCUT2D eigenvalue weighted by molar-refractivity contribution is 0.802. The molecular formula is C13H9ClN4S. The van der Waals surface area contributed by atoms with E-state index in [0.717, 1.165) is 17.2 Å².